The topological polar surface area (TPSA) is 26.2 Å². The van der Waals surface area contributed by atoms with Crippen LogP contribution in [0.4, 0.5) is 34.1 Å². The Morgan fingerprint density at radius 2 is 0.462 bits per heavy atom. The summed E-state index contributed by atoms with van der Waals surface area (Å²) in [5.74, 6) is 0. The number of aromatic nitrogens is 4. The molecule has 2 aliphatic carbocycles. The van der Waals surface area contributed by atoms with E-state index in [1.165, 1.54) is 165 Å². The largest absolute Gasteiger partial charge is 0.311 e. The van der Waals surface area contributed by atoms with Gasteiger partial charge in [-0.25, -0.2) is 0 Å². The predicted octanol–water partition coefficient (Wildman–Crippen LogP) is 23.0. The lowest BCUT2D eigenvalue weighted by atomic mass is 9.35. The molecule has 0 N–H and O–H groups in total. The van der Waals surface area contributed by atoms with Gasteiger partial charge in [0.15, 0.2) is 0 Å². The van der Waals surface area contributed by atoms with E-state index in [2.05, 4.69) is 441 Å². The van der Waals surface area contributed by atoms with Gasteiger partial charge in [-0.15, -0.1) is 0 Å². The maximum atomic E-state index is 2.62. The number of nitrogens with zero attached hydrogens (tertiary/aromatic N) is 6. The van der Waals surface area contributed by atoms with Crippen LogP contribution in [0.3, 0.4) is 0 Å². The van der Waals surface area contributed by atoms with E-state index in [1.807, 2.05) is 0 Å². The van der Waals surface area contributed by atoms with E-state index in [-0.39, 0.29) is 13.4 Å². The van der Waals surface area contributed by atoms with E-state index in [0.29, 0.717) is 0 Å². The van der Waals surface area contributed by atoms with Crippen molar-refractivity contribution in [3.05, 3.63) is 435 Å². The van der Waals surface area contributed by atoms with Crippen LogP contribution in [0.5, 0.6) is 0 Å². The van der Waals surface area contributed by atoms with Gasteiger partial charge in [-0.1, -0.05) is 290 Å². The molecule has 117 heavy (non-hydrogen) atoms. The molecule has 26 rings (SSSR count). The van der Waals surface area contributed by atoms with E-state index >= 15 is 0 Å². The highest BCUT2D eigenvalue weighted by Crippen LogP contribution is 2.67. The zero-order valence-electron chi connectivity index (χ0n) is 63.6. The second-order valence-corrected chi connectivity index (χ2v) is 32.1. The summed E-state index contributed by atoms with van der Waals surface area (Å²) in [7, 11) is 0. The Morgan fingerprint density at radius 1 is 0.188 bits per heavy atom. The molecule has 0 saturated heterocycles. The second kappa shape index (κ2) is 24.5. The third kappa shape index (κ3) is 8.80. The minimum Gasteiger partial charge on any atom is -0.311 e. The number of para-hydroxylation sites is 10. The molecule has 2 aliphatic heterocycles. The van der Waals surface area contributed by atoms with Gasteiger partial charge in [-0.3, -0.25) is 0 Å². The molecule has 8 heteroatoms. The van der Waals surface area contributed by atoms with Crippen molar-refractivity contribution in [2.24, 2.45) is 0 Å². The summed E-state index contributed by atoms with van der Waals surface area (Å²) in [5, 5.41) is 9.78. The number of benzene rings is 18. The first-order chi connectivity index (χ1) is 58.1. The zero-order valence-corrected chi connectivity index (χ0v) is 63.6. The van der Waals surface area contributed by atoms with Crippen molar-refractivity contribution in [3.63, 3.8) is 0 Å². The van der Waals surface area contributed by atoms with Crippen LogP contribution in [0.1, 0.15) is 22.3 Å². The van der Waals surface area contributed by atoms with Crippen LogP contribution in [0, 0.1) is 0 Å². The second-order valence-electron chi connectivity index (χ2n) is 32.1. The highest BCUT2D eigenvalue weighted by molar-refractivity contribution is 6.99. The number of hydrogen-bond donors (Lipinski definition) is 0. The van der Waals surface area contributed by atoms with Crippen molar-refractivity contribution < 1.29 is 0 Å². The van der Waals surface area contributed by atoms with Gasteiger partial charge in [0.1, 0.15) is 0 Å². The molecule has 0 radical (unpaired) electrons. The molecule has 0 atom stereocenters. The Hall–Kier alpha value is -15.1. The fourth-order valence-corrected chi connectivity index (χ4v) is 21.9. The summed E-state index contributed by atoms with van der Waals surface area (Å²) in [5.41, 5.74) is 37.3. The molecule has 4 aromatic heterocycles. The Labute approximate surface area is 676 Å². The summed E-state index contributed by atoms with van der Waals surface area (Å²) in [4.78, 5) is 5.24. The molecule has 18 aromatic carbocycles. The quantitative estimate of drug-likeness (QED) is 0.142. The monoisotopic (exact) mass is 1480 g/mol. The maximum absolute atomic E-state index is 2.62. The lowest BCUT2D eigenvalue weighted by Crippen LogP contribution is -2.57. The van der Waals surface area contributed by atoms with Gasteiger partial charge < -0.3 is 28.1 Å². The van der Waals surface area contributed by atoms with Gasteiger partial charge >= 0.3 is 0 Å². The Kier molecular flexibility index (Phi) is 13.5. The zero-order chi connectivity index (χ0) is 76.3. The average Bonchev–Trinajstić information content (AvgIpc) is 1.49. The molecule has 0 saturated carbocycles. The molecule has 22 aromatic rings. The van der Waals surface area contributed by atoms with Gasteiger partial charge in [0.05, 0.1) is 49.5 Å². The third-order valence-corrected chi connectivity index (χ3v) is 26.4. The summed E-state index contributed by atoms with van der Waals surface area (Å²) >= 11 is 0. The molecule has 6 heterocycles. The lowest BCUT2D eigenvalue weighted by Gasteiger charge is -2.40. The molecule has 4 aliphatic rings. The van der Waals surface area contributed by atoms with Crippen molar-refractivity contribution in [2.75, 3.05) is 9.80 Å². The van der Waals surface area contributed by atoms with Gasteiger partial charge in [0.25, 0.3) is 0 Å². The fraction of sp³-hybridized carbons (Fsp3) is 0.00917. The molecule has 0 amide bonds. The molecule has 1 spiro atoms. The third-order valence-electron chi connectivity index (χ3n) is 26.4. The number of rotatable bonds is 8. The van der Waals surface area contributed by atoms with Crippen LogP contribution in [0.15, 0.2) is 413 Å². The van der Waals surface area contributed by atoms with Crippen molar-refractivity contribution in [1.29, 1.82) is 0 Å². The molecule has 540 valence electrons. The number of fused-ring (bicyclic) bond motifs is 28. The highest BCUT2D eigenvalue weighted by atomic mass is 15.2. The summed E-state index contributed by atoms with van der Waals surface area (Å²) in [6.07, 6.45) is 0. The van der Waals surface area contributed by atoms with E-state index in [4.69, 9.17) is 0 Å². The van der Waals surface area contributed by atoms with Crippen molar-refractivity contribution in [3.8, 4) is 45.0 Å². The van der Waals surface area contributed by atoms with Gasteiger partial charge in [0, 0.05) is 111 Å². The van der Waals surface area contributed by atoms with Gasteiger partial charge in [0.2, 0.25) is 13.4 Å². The lowest BCUT2D eigenvalue weighted by molar-refractivity contribution is 0.793. The van der Waals surface area contributed by atoms with Gasteiger partial charge in [-0.2, -0.15) is 0 Å². The summed E-state index contributed by atoms with van der Waals surface area (Å²) in [6.45, 7) is -0.188. The van der Waals surface area contributed by atoms with E-state index in [1.54, 1.807) is 0 Å². The van der Waals surface area contributed by atoms with E-state index < -0.39 is 5.41 Å². The normalized spacial score (nSPS) is 13.5. The molecule has 0 fully saturated rings. The minimum atomic E-state index is -0.893. The van der Waals surface area contributed by atoms with Crippen molar-refractivity contribution in [1.82, 2.24) is 18.3 Å². The standard InChI is InChI=1S/C109H68B2N6/c1-5-29-69(30-6-1)110-91-43-19-27-51-103(91)116(71-33-9-3-10-34-71)107-93(110)61-59-89-105(107)85-67-73(114-99-49-25-17-41-81(99)83-65-75(55-63-101(83)114)112-95-45-21-13-37-77(95)78-38-14-22-46-96(78)112)53-57-87(85)109(89)88-58-54-74(115-100-50-26-18-42-82(100)84-66-76(56-64-102(84)115)113-97-47-23-15-39-79(97)80-40-16-24-48-98(80)113)68-86(88)106-90(109)60-62-94-108(106)117(72-35-11-4-12-36-72)104-52-28-20-44-92(104)111(94)70-31-7-2-8-32-70/h1-68H. The van der Waals surface area contributed by atoms with Crippen LogP contribution in [0.2, 0.25) is 0 Å². The first-order valence-electron chi connectivity index (χ1n) is 40.8. The predicted molar refractivity (Wildman–Crippen MR) is 492 cm³/mol. The smallest absolute Gasteiger partial charge is 0.246 e. The minimum absolute atomic E-state index is 0.0941. The van der Waals surface area contributed by atoms with Crippen LogP contribution in [0.25, 0.3) is 132 Å². The van der Waals surface area contributed by atoms with Crippen molar-refractivity contribution in [2.45, 2.75) is 5.41 Å². The maximum Gasteiger partial charge on any atom is 0.246 e. The fourth-order valence-electron chi connectivity index (χ4n) is 21.9. The number of hydrogen-bond acceptors (Lipinski definition) is 2. The SMILES string of the molecule is c1ccc(B2c3ccccc3N(c3ccccc3)c3c2ccc2c3-c3cc(-n4c5ccccc5c5cc(-n6c7ccccc7c7ccccc76)ccc54)ccc3C23c2ccc(-n4c5ccccc5c5cc(-n6c7ccccc7c7ccccc76)ccc54)cc2-c2c3ccc3c2N(c2ccccc2)c2ccccc2B3c2ccccc2)cc1. The van der Waals surface area contributed by atoms with Crippen LogP contribution in [-0.2, 0) is 5.41 Å². The Bertz CT molecular complexity index is 7410. The van der Waals surface area contributed by atoms with E-state index in [0.717, 1.165) is 56.2 Å². The first-order valence-corrected chi connectivity index (χ1v) is 40.8. The number of anilines is 6. The molecular formula is C109H68B2N6. The van der Waals surface area contributed by atoms with Crippen LogP contribution < -0.4 is 42.6 Å². The first kappa shape index (κ1) is 64.4. The Balaban J connectivity index is 0.786. The van der Waals surface area contributed by atoms with Crippen LogP contribution >= 0.6 is 0 Å². The highest BCUT2D eigenvalue weighted by Gasteiger charge is 2.56. The van der Waals surface area contributed by atoms with Crippen molar-refractivity contribution >= 4 is 168 Å². The average molecular weight is 1480 g/mol. The summed E-state index contributed by atoms with van der Waals surface area (Å²) < 4.78 is 10.0. The molecule has 0 bridgehead atoms. The Morgan fingerprint density at radius 3 is 0.821 bits per heavy atom. The molecule has 6 nitrogen and oxygen atoms in total. The van der Waals surface area contributed by atoms with E-state index in [9.17, 15) is 0 Å². The van der Waals surface area contributed by atoms with Gasteiger partial charge in [-0.05, 0) is 189 Å². The molecular weight excluding hydrogens is 1410 g/mol. The van der Waals surface area contributed by atoms with Crippen LogP contribution in [-0.4, -0.2) is 31.7 Å². The summed E-state index contributed by atoms with van der Waals surface area (Å²) in [6, 6.07) is 156. The molecule has 0 unspecified atom stereocenters.